The van der Waals surface area contributed by atoms with Crippen molar-refractivity contribution in [3.8, 4) is 11.5 Å². The third-order valence-corrected chi connectivity index (χ3v) is 8.52. The maximum absolute atomic E-state index is 13.4. The Hall–Kier alpha value is -2.52. The van der Waals surface area contributed by atoms with Crippen molar-refractivity contribution in [2.24, 2.45) is 17.8 Å². The number of phenols is 1. The lowest BCUT2D eigenvalue weighted by atomic mass is 9.59. The molecule has 3 aliphatic carbocycles. The smallest absolute Gasteiger partial charge is 0.233 e. The van der Waals surface area contributed by atoms with E-state index in [-0.39, 0.29) is 45.8 Å². The predicted molar refractivity (Wildman–Crippen MR) is 134 cm³/mol. The van der Waals surface area contributed by atoms with Gasteiger partial charge in [0.15, 0.2) is 23.1 Å². The fourth-order valence-electron chi connectivity index (χ4n) is 6.04. The Morgan fingerprint density at radius 2 is 1.86 bits per heavy atom. The molecule has 0 radical (unpaired) electrons. The van der Waals surface area contributed by atoms with Crippen molar-refractivity contribution in [2.75, 3.05) is 13.7 Å². The van der Waals surface area contributed by atoms with Gasteiger partial charge in [-0.05, 0) is 53.2 Å². The molecule has 1 heterocycles. The number of aromatic hydroxyl groups is 1. The molecule has 7 nitrogen and oxygen atoms in total. The van der Waals surface area contributed by atoms with Gasteiger partial charge in [-0.1, -0.05) is 34.5 Å². The number of benzene rings is 1. The first kappa shape index (κ1) is 24.2. The van der Waals surface area contributed by atoms with Crippen LogP contribution in [0.1, 0.15) is 37.7 Å². The number of ether oxygens (including phenoxy) is 1. The molecule has 0 saturated carbocycles. The van der Waals surface area contributed by atoms with Crippen molar-refractivity contribution in [2.45, 2.75) is 32.1 Å². The fraction of sp³-hybridized carbons (Fsp3) is 0.385. The second kappa shape index (κ2) is 8.85. The second-order valence-electron chi connectivity index (χ2n) is 9.27. The van der Waals surface area contributed by atoms with E-state index in [1.54, 1.807) is 12.1 Å². The molecule has 1 aromatic rings. The topological polar surface area (TPSA) is 101 Å². The Morgan fingerprint density at radius 3 is 2.54 bits per heavy atom. The van der Waals surface area contributed by atoms with Crippen LogP contribution in [0.2, 0.25) is 0 Å². The van der Waals surface area contributed by atoms with Crippen LogP contribution in [0.3, 0.4) is 0 Å². The second-order valence-corrected chi connectivity index (χ2v) is 11.0. The van der Waals surface area contributed by atoms with Gasteiger partial charge in [0.05, 0.1) is 23.4 Å². The third-order valence-electron chi connectivity index (χ3n) is 7.47. The molecule has 182 valence electrons. The van der Waals surface area contributed by atoms with E-state index in [0.29, 0.717) is 40.6 Å². The number of nitrogens with zero attached hydrogens (tertiary/aromatic N) is 1. The number of ketones is 2. The van der Waals surface area contributed by atoms with E-state index in [1.807, 2.05) is 13.0 Å². The molecule has 9 heteroatoms. The zero-order chi connectivity index (χ0) is 25.2. The summed E-state index contributed by atoms with van der Waals surface area (Å²) in [6.45, 7) is 2.28. The summed E-state index contributed by atoms with van der Waals surface area (Å²) in [4.78, 5) is 54.4. The quantitative estimate of drug-likeness (QED) is 0.312. The Morgan fingerprint density at radius 1 is 1.11 bits per heavy atom. The molecule has 1 aliphatic heterocycles. The van der Waals surface area contributed by atoms with Gasteiger partial charge in [0.2, 0.25) is 11.8 Å². The molecule has 0 spiro atoms. The number of carbonyl (C=O) groups is 4. The molecule has 0 bridgehead atoms. The Labute approximate surface area is 219 Å². The Balaban J connectivity index is 1.72. The number of likely N-dealkylation sites (tertiary alicyclic amines) is 1. The molecular formula is C26H23Br2NO6. The van der Waals surface area contributed by atoms with Gasteiger partial charge in [-0.3, -0.25) is 24.1 Å². The van der Waals surface area contributed by atoms with E-state index in [9.17, 15) is 24.3 Å². The number of rotatable bonds is 4. The van der Waals surface area contributed by atoms with Crippen molar-refractivity contribution >= 4 is 55.2 Å². The summed E-state index contributed by atoms with van der Waals surface area (Å²) in [5, 5.41) is 11.1. The largest absolute Gasteiger partial charge is 0.504 e. The van der Waals surface area contributed by atoms with Crippen LogP contribution >= 0.6 is 31.9 Å². The van der Waals surface area contributed by atoms with Crippen molar-refractivity contribution < 1.29 is 29.0 Å². The van der Waals surface area contributed by atoms with Gasteiger partial charge in [0, 0.05) is 39.7 Å². The van der Waals surface area contributed by atoms with E-state index < -0.39 is 23.7 Å². The number of carbonyl (C=O) groups excluding carboxylic acids is 4. The summed E-state index contributed by atoms with van der Waals surface area (Å²) >= 11 is 6.66. The van der Waals surface area contributed by atoms with Crippen LogP contribution in [0.5, 0.6) is 11.5 Å². The number of halogens is 2. The minimum absolute atomic E-state index is 0.133. The zero-order valence-corrected chi connectivity index (χ0v) is 22.3. The first-order chi connectivity index (χ1) is 16.7. The van der Waals surface area contributed by atoms with Crippen LogP contribution in [0.25, 0.3) is 0 Å². The molecule has 1 aromatic carbocycles. The molecule has 4 aliphatic rings. The number of Topliss-reactive ketones (excluding diaryl/α,β-unsaturated/α-hetero) is 1. The monoisotopic (exact) mass is 603 g/mol. The van der Waals surface area contributed by atoms with Crippen LogP contribution in [0.15, 0.2) is 50.0 Å². The van der Waals surface area contributed by atoms with E-state index in [2.05, 4.69) is 31.9 Å². The van der Waals surface area contributed by atoms with Crippen LogP contribution in [-0.4, -0.2) is 47.0 Å². The van der Waals surface area contributed by atoms with Gasteiger partial charge in [-0.2, -0.15) is 0 Å². The SMILES string of the molecule is CCCN1C(=O)[C@H]2[C@H](CC=C3[C@H](c4cc(Br)cc(OC)c4O)C4=C(C[C@H]32)C(=O)C(Br)=CC4=O)C1=O. The Kier molecular flexibility index (Phi) is 6.12. The number of hydrogen-bond donors (Lipinski definition) is 1. The lowest BCUT2D eigenvalue weighted by molar-refractivity contribution is -0.140. The van der Waals surface area contributed by atoms with Gasteiger partial charge in [0.25, 0.3) is 0 Å². The highest BCUT2D eigenvalue weighted by Gasteiger charge is 2.56. The molecule has 2 amide bonds. The number of allylic oxidation sites excluding steroid dienone is 6. The lowest BCUT2D eigenvalue weighted by Crippen LogP contribution is -2.39. The molecule has 35 heavy (non-hydrogen) atoms. The van der Waals surface area contributed by atoms with Gasteiger partial charge in [0.1, 0.15) is 0 Å². The lowest BCUT2D eigenvalue weighted by Gasteiger charge is -2.42. The average Bonchev–Trinajstić information content (AvgIpc) is 3.07. The van der Waals surface area contributed by atoms with E-state index in [0.717, 1.165) is 5.57 Å². The standard InChI is InChI=1S/C26H23Br2NO6/c1-3-6-29-25(33)13-5-4-12-14(21(13)26(29)34)9-16-22(18(30)10-17(28)23(16)31)20(12)15-7-11(27)8-19(35-2)24(15)32/h4,7-8,10,13-14,20-21,32H,3,5-6,9H2,1-2H3/t13-,14+,20+,21-/m0/s1. The summed E-state index contributed by atoms with van der Waals surface area (Å²) < 4.78 is 6.14. The summed E-state index contributed by atoms with van der Waals surface area (Å²) in [6.07, 6.45) is 4.42. The highest BCUT2D eigenvalue weighted by atomic mass is 79.9. The summed E-state index contributed by atoms with van der Waals surface area (Å²) in [7, 11) is 1.43. The molecule has 0 aromatic heterocycles. The average molecular weight is 605 g/mol. The maximum atomic E-state index is 13.4. The van der Waals surface area contributed by atoms with Crippen LogP contribution in [0.4, 0.5) is 0 Å². The van der Waals surface area contributed by atoms with E-state index in [1.165, 1.54) is 18.1 Å². The number of amides is 2. The van der Waals surface area contributed by atoms with E-state index in [4.69, 9.17) is 4.74 Å². The van der Waals surface area contributed by atoms with Crippen molar-refractivity contribution in [1.29, 1.82) is 0 Å². The molecule has 1 fully saturated rings. The molecule has 0 unspecified atom stereocenters. The van der Waals surface area contributed by atoms with Crippen molar-refractivity contribution in [1.82, 2.24) is 4.90 Å². The first-order valence-electron chi connectivity index (χ1n) is 11.5. The third kappa shape index (κ3) is 3.57. The number of imide groups is 1. The van der Waals surface area contributed by atoms with Crippen molar-refractivity contribution in [3.05, 3.63) is 55.5 Å². The number of methoxy groups -OCH3 is 1. The highest BCUT2D eigenvalue weighted by Crippen LogP contribution is 2.57. The molecular weight excluding hydrogens is 582 g/mol. The van der Waals surface area contributed by atoms with Gasteiger partial charge in [-0.15, -0.1) is 0 Å². The molecule has 1 N–H and O–H groups in total. The number of hydrogen-bond acceptors (Lipinski definition) is 6. The molecule has 1 saturated heterocycles. The predicted octanol–water partition coefficient (Wildman–Crippen LogP) is 4.34. The summed E-state index contributed by atoms with van der Waals surface area (Å²) in [5.74, 6) is -3.20. The minimum atomic E-state index is -0.743. The highest BCUT2D eigenvalue weighted by molar-refractivity contribution is 9.12. The summed E-state index contributed by atoms with van der Waals surface area (Å²) in [5.41, 5.74) is 1.82. The first-order valence-corrected chi connectivity index (χ1v) is 13.1. The van der Waals surface area contributed by atoms with Gasteiger partial charge in [-0.25, -0.2) is 0 Å². The molecule has 5 rings (SSSR count). The van der Waals surface area contributed by atoms with Crippen molar-refractivity contribution in [3.63, 3.8) is 0 Å². The normalized spacial score (nSPS) is 27.9. The maximum Gasteiger partial charge on any atom is 0.233 e. The number of fused-ring (bicyclic) bond motifs is 3. The van der Waals surface area contributed by atoms with Gasteiger partial charge < -0.3 is 9.84 Å². The minimum Gasteiger partial charge on any atom is -0.504 e. The Bertz CT molecular complexity index is 1290. The fourth-order valence-corrected chi connectivity index (χ4v) is 6.94. The van der Waals surface area contributed by atoms with Gasteiger partial charge >= 0.3 is 0 Å². The van der Waals surface area contributed by atoms with Crippen LogP contribution < -0.4 is 4.74 Å². The van der Waals surface area contributed by atoms with Crippen LogP contribution in [-0.2, 0) is 19.2 Å². The number of phenolic OH excluding ortho intramolecular Hbond substituents is 1. The van der Waals surface area contributed by atoms with E-state index >= 15 is 0 Å². The van der Waals surface area contributed by atoms with Crippen LogP contribution in [0, 0.1) is 17.8 Å². The summed E-state index contributed by atoms with van der Waals surface area (Å²) in [6, 6.07) is 3.32. The molecule has 4 atom stereocenters. The zero-order valence-electron chi connectivity index (χ0n) is 19.1.